The Morgan fingerprint density at radius 2 is 1.58 bits per heavy atom. The fraction of sp³-hybridized carbons (Fsp3) is 0.118. The minimum atomic E-state index is -0.355. The molecule has 0 heterocycles. The van der Waals surface area contributed by atoms with Crippen LogP contribution in [0.15, 0.2) is 66.7 Å². The first kappa shape index (κ1) is 13.1. The Hall–Kier alpha value is -2.35. The second kappa shape index (κ2) is 6.01. The molecule has 2 aromatic carbocycles. The maximum absolute atomic E-state index is 11.3. The van der Waals surface area contributed by atoms with Gasteiger partial charge in [-0.15, -0.1) is 0 Å². The van der Waals surface area contributed by atoms with Crippen LogP contribution in [0.5, 0.6) is 0 Å². The largest absolute Gasteiger partial charge is 0.466 e. The summed E-state index contributed by atoms with van der Waals surface area (Å²) in [6, 6.07) is 18.3. The molecule has 0 aliphatic heterocycles. The standard InChI is InChI=1S/C17H16O2/c1-13(17(18)19-2)12-14-8-10-16(11-9-14)15-6-4-3-5-7-15/h3-11H,1,12H2,2H3. The molecule has 2 heteroatoms. The minimum Gasteiger partial charge on any atom is -0.466 e. The highest BCUT2D eigenvalue weighted by Gasteiger charge is 2.07. The maximum atomic E-state index is 11.3. The highest BCUT2D eigenvalue weighted by atomic mass is 16.5. The number of hydrogen-bond acceptors (Lipinski definition) is 2. The Kier molecular flexibility index (Phi) is 4.14. The second-order valence-corrected chi connectivity index (χ2v) is 4.33. The SMILES string of the molecule is C=C(Cc1ccc(-c2ccccc2)cc1)C(=O)OC. The summed E-state index contributed by atoms with van der Waals surface area (Å²) in [5.74, 6) is -0.355. The van der Waals surface area contributed by atoms with Crippen LogP contribution in [-0.4, -0.2) is 13.1 Å². The molecule has 0 saturated carbocycles. The van der Waals surface area contributed by atoms with E-state index in [0.29, 0.717) is 12.0 Å². The zero-order valence-electron chi connectivity index (χ0n) is 10.9. The highest BCUT2D eigenvalue weighted by Crippen LogP contribution is 2.20. The summed E-state index contributed by atoms with van der Waals surface area (Å²) in [6.45, 7) is 3.73. The van der Waals surface area contributed by atoms with Crippen LogP contribution in [0.4, 0.5) is 0 Å². The molecule has 96 valence electrons. The van der Waals surface area contributed by atoms with Gasteiger partial charge in [-0.05, 0) is 16.7 Å². The van der Waals surface area contributed by atoms with Gasteiger partial charge in [-0.25, -0.2) is 4.79 Å². The summed E-state index contributed by atoms with van der Waals surface area (Å²) in [4.78, 5) is 11.3. The Balaban J connectivity index is 2.11. The van der Waals surface area contributed by atoms with Gasteiger partial charge >= 0.3 is 5.97 Å². The number of rotatable bonds is 4. The molecule has 0 aliphatic rings. The zero-order chi connectivity index (χ0) is 13.7. The predicted molar refractivity (Wildman–Crippen MR) is 76.7 cm³/mol. The fourth-order valence-electron chi connectivity index (χ4n) is 1.91. The molecule has 0 amide bonds. The minimum absolute atomic E-state index is 0.355. The maximum Gasteiger partial charge on any atom is 0.333 e. The molecule has 0 atom stereocenters. The van der Waals surface area contributed by atoms with Gasteiger partial charge in [-0.3, -0.25) is 0 Å². The van der Waals surface area contributed by atoms with Crippen molar-refractivity contribution in [1.29, 1.82) is 0 Å². The van der Waals surface area contributed by atoms with Gasteiger partial charge in [0.25, 0.3) is 0 Å². The van der Waals surface area contributed by atoms with E-state index < -0.39 is 0 Å². The Morgan fingerprint density at radius 1 is 1.00 bits per heavy atom. The lowest BCUT2D eigenvalue weighted by atomic mass is 10.0. The van der Waals surface area contributed by atoms with Crippen LogP contribution in [0.25, 0.3) is 11.1 Å². The summed E-state index contributed by atoms with van der Waals surface area (Å²) in [5, 5.41) is 0. The average Bonchev–Trinajstić information content (AvgIpc) is 2.48. The van der Waals surface area contributed by atoms with Crippen molar-refractivity contribution in [2.75, 3.05) is 7.11 Å². The fourth-order valence-corrected chi connectivity index (χ4v) is 1.91. The number of esters is 1. The smallest absolute Gasteiger partial charge is 0.333 e. The Bertz CT molecular complexity index is 568. The summed E-state index contributed by atoms with van der Waals surface area (Å²) in [7, 11) is 1.37. The van der Waals surface area contributed by atoms with Gasteiger partial charge < -0.3 is 4.74 Å². The highest BCUT2D eigenvalue weighted by molar-refractivity contribution is 5.88. The van der Waals surface area contributed by atoms with Crippen LogP contribution in [-0.2, 0) is 16.0 Å². The summed E-state index contributed by atoms with van der Waals surface area (Å²) >= 11 is 0. The van der Waals surface area contributed by atoms with Crippen LogP contribution in [0, 0.1) is 0 Å². The molecule has 0 fully saturated rings. The molecular formula is C17H16O2. The van der Waals surface area contributed by atoms with Gasteiger partial charge in [0.05, 0.1) is 7.11 Å². The van der Waals surface area contributed by atoms with Gasteiger partial charge in [0.15, 0.2) is 0 Å². The van der Waals surface area contributed by atoms with E-state index >= 15 is 0 Å². The third kappa shape index (κ3) is 3.32. The molecule has 0 bridgehead atoms. The average molecular weight is 252 g/mol. The molecule has 0 aromatic heterocycles. The van der Waals surface area contributed by atoms with Crippen molar-refractivity contribution in [2.45, 2.75) is 6.42 Å². The normalized spacial score (nSPS) is 9.95. The van der Waals surface area contributed by atoms with Crippen LogP contribution in [0.2, 0.25) is 0 Å². The van der Waals surface area contributed by atoms with Gasteiger partial charge in [0.1, 0.15) is 0 Å². The third-order valence-electron chi connectivity index (χ3n) is 2.95. The molecule has 19 heavy (non-hydrogen) atoms. The lowest BCUT2D eigenvalue weighted by Crippen LogP contribution is -2.05. The summed E-state index contributed by atoms with van der Waals surface area (Å²) < 4.78 is 4.64. The first-order valence-electron chi connectivity index (χ1n) is 6.11. The Labute approximate surface area is 113 Å². The van der Waals surface area contributed by atoms with Crippen molar-refractivity contribution in [3.8, 4) is 11.1 Å². The van der Waals surface area contributed by atoms with E-state index in [0.717, 1.165) is 11.1 Å². The topological polar surface area (TPSA) is 26.3 Å². The molecule has 2 nitrogen and oxygen atoms in total. The number of ether oxygens (including phenoxy) is 1. The van der Waals surface area contributed by atoms with Crippen LogP contribution < -0.4 is 0 Å². The molecule has 2 aromatic rings. The zero-order valence-corrected chi connectivity index (χ0v) is 10.9. The number of hydrogen-bond donors (Lipinski definition) is 0. The van der Waals surface area contributed by atoms with E-state index in [4.69, 9.17) is 0 Å². The third-order valence-corrected chi connectivity index (χ3v) is 2.95. The second-order valence-electron chi connectivity index (χ2n) is 4.33. The predicted octanol–water partition coefficient (Wildman–Crippen LogP) is 3.63. The first-order chi connectivity index (χ1) is 9.20. The number of carbonyl (C=O) groups excluding carboxylic acids is 1. The number of carbonyl (C=O) groups is 1. The van der Waals surface area contributed by atoms with E-state index in [1.54, 1.807) is 0 Å². The molecule has 0 saturated heterocycles. The molecule has 0 unspecified atom stereocenters. The number of benzene rings is 2. The number of methoxy groups -OCH3 is 1. The van der Waals surface area contributed by atoms with Crippen LogP contribution in [0.3, 0.4) is 0 Å². The first-order valence-corrected chi connectivity index (χ1v) is 6.11. The molecule has 0 radical (unpaired) electrons. The molecule has 0 spiro atoms. The van der Waals surface area contributed by atoms with Gasteiger partial charge in [0.2, 0.25) is 0 Å². The van der Waals surface area contributed by atoms with Crippen LogP contribution in [0.1, 0.15) is 5.56 Å². The van der Waals surface area contributed by atoms with E-state index in [-0.39, 0.29) is 5.97 Å². The lowest BCUT2D eigenvalue weighted by molar-refractivity contribution is -0.136. The Morgan fingerprint density at radius 3 is 2.16 bits per heavy atom. The quantitative estimate of drug-likeness (QED) is 0.613. The van der Waals surface area contributed by atoms with Crippen molar-refractivity contribution >= 4 is 5.97 Å². The van der Waals surface area contributed by atoms with E-state index in [1.165, 1.54) is 12.7 Å². The van der Waals surface area contributed by atoms with Gasteiger partial charge in [-0.1, -0.05) is 61.2 Å². The van der Waals surface area contributed by atoms with E-state index in [1.807, 2.05) is 30.3 Å². The molecule has 0 aliphatic carbocycles. The van der Waals surface area contributed by atoms with Crippen molar-refractivity contribution in [3.05, 3.63) is 72.3 Å². The molecular weight excluding hydrogens is 236 g/mol. The molecule has 0 N–H and O–H groups in total. The lowest BCUT2D eigenvalue weighted by Gasteiger charge is -2.06. The monoisotopic (exact) mass is 252 g/mol. The van der Waals surface area contributed by atoms with Crippen molar-refractivity contribution in [1.82, 2.24) is 0 Å². The van der Waals surface area contributed by atoms with Crippen LogP contribution >= 0.6 is 0 Å². The molecule has 2 rings (SSSR count). The van der Waals surface area contributed by atoms with Crippen molar-refractivity contribution < 1.29 is 9.53 Å². The summed E-state index contributed by atoms with van der Waals surface area (Å²) in [5.41, 5.74) is 3.86. The van der Waals surface area contributed by atoms with Gasteiger partial charge in [-0.2, -0.15) is 0 Å². The van der Waals surface area contributed by atoms with Crippen molar-refractivity contribution in [2.24, 2.45) is 0 Å². The van der Waals surface area contributed by atoms with Gasteiger partial charge in [0, 0.05) is 12.0 Å². The summed E-state index contributed by atoms with van der Waals surface area (Å²) in [6.07, 6.45) is 0.516. The van der Waals surface area contributed by atoms with Crippen molar-refractivity contribution in [3.63, 3.8) is 0 Å². The van der Waals surface area contributed by atoms with E-state index in [9.17, 15) is 4.79 Å². The van der Waals surface area contributed by atoms with E-state index in [2.05, 4.69) is 35.6 Å².